The fourth-order valence-electron chi connectivity index (χ4n) is 3.26. The van der Waals surface area contributed by atoms with Crippen molar-refractivity contribution >= 4 is 17.2 Å². The summed E-state index contributed by atoms with van der Waals surface area (Å²) in [4.78, 5) is 14.1. The minimum absolute atomic E-state index is 0.0843. The zero-order chi connectivity index (χ0) is 14.7. The summed E-state index contributed by atoms with van der Waals surface area (Å²) in [7, 11) is 0. The predicted octanol–water partition coefficient (Wildman–Crippen LogP) is 3.90. The molecule has 0 aliphatic heterocycles. The van der Waals surface area contributed by atoms with Gasteiger partial charge in [0.15, 0.2) is 0 Å². The largest absolute Gasteiger partial charge is 0.469 e. The first-order valence-corrected chi connectivity index (χ1v) is 8.46. The summed E-state index contributed by atoms with van der Waals surface area (Å²) in [6.45, 7) is 2.04. The zero-order valence-electron chi connectivity index (χ0n) is 12.3. The molecule has 0 spiro atoms. The van der Waals surface area contributed by atoms with Crippen molar-refractivity contribution in [2.75, 3.05) is 0 Å². The number of hydrogen-bond donors (Lipinski definition) is 1. The van der Waals surface area contributed by atoms with Crippen LogP contribution in [0.3, 0.4) is 0 Å². The van der Waals surface area contributed by atoms with Crippen molar-refractivity contribution in [3.8, 4) is 0 Å². The number of carbonyl (C=O) groups is 1. The quantitative estimate of drug-likeness (QED) is 0.910. The Morgan fingerprint density at radius 3 is 2.81 bits per heavy atom. The third-order valence-corrected chi connectivity index (χ3v) is 5.42. The van der Waals surface area contributed by atoms with E-state index in [0.29, 0.717) is 0 Å². The van der Waals surface area contributed by atoms with E-state index in [9.17, 15) is 4.79 Å². The van der Waals surface area contributed by atoms with Crippen LogP contribution in [0.25, 0.3) is 0 Å². The number of nitrogens with one attached hydrogen (secondary N) is 1. The highest BCUT2D eigenvalue weighted by molar-refractivity contribution is 7.10. The van der Waals surface area contributed by atoms with Crippen molar-refractivity contribution in [3.63, 3.8) is 0 Å². The molecule has 1 amide bonds. The molecular formula is C17H21NO2S. The predicted molar refractivity (Wildman–Crippen MR) is 84.5 cm³/mol. The molecule has 1 unspecified atom stereocenters. The molecule has 1 aliphatic carbocycles. The lowest BCUT2D eigenvalue weighted by atomic mass is 9.83. The molecule has 3 rings (SSSR count). The van der Waals surface area contributed by atoms with Crippen molar-refractivity contribution in [1.29, 1.82) is 0 Å². The Bertz CT molecular complexity index is 568. The Kier molecular flexibility index (Phi) is 4.15. The second-order valence-corrected chi connectivity index (χ2v) is 6.87. The van der Waals surface area contributed by atoms with E-state index in [1.54, 1.807) is 17.6 Å². The molecule has 1 saturated carbocycles. The first-order valence-electron chi connectivity index (χ1n) is 7.58. The van der Waals surface area contributed by atoms with Gasteiger partial charge in [-0.05, 0) is 43.3 Å². The van der Waals surface area contributed by atoms with Crippen molar-refractivity contribution < 1.29 is 9.21 Å². The lowest BCUT2D eigenvalue weighted by molar-refractivity contribution is -0.127. The van der Waals surface area contributed by atoms with Gasteiger partial charge >= 0.3 is 0 Å². The van der Waals surface area contributed by atoms with Crippen LogP contribution in [0.4, 0.5) is 0 Å². The van der Waals surface area contributed by atoms with Gasteiger partial charge in [-0.25, -0.2) is 0 Å². The maximum absolute atomic E-state index is 12.9. The molecular weight excluding hydrogens is 282 g/mol. The van der Waals surface area contributed by atoms with Crippen LogP contribution in [0, 0.1) is 0 Å². The summed E-state index contributed by atoms with van der Waals surface area (Å²) >= 11 is 1.70. The van der Waals surface area contributed by atoms with E-state index in [2.05, 4.69) is 16.8 Å². The summed E-state index contributed by atoms with van der Waals surface area (Å²) in [6.07, 6.45) is 6.61. The van der Waals surface area contributed by atoms with Gasteiger partial charge in [0, 0.05) is 17.3 Å². The van der Waals surface area contributed by atoms with Gasteiger partial charge < -0.3 is 9.73 Å². The van der Waals surface area contributed by atoms with Gasteiger partial charge in [-0.15, -0.1) is 11.3 Å². The number of carbonyl (C=O) groups excluding carboxylic acids is 1. The molecule has 3 nitrogen and oxygen atoms in total. The fourth-order valence-corrected chi connectivity index (χ4v) is 4.24. The van der Waals surface area contributed by atoms with Crippen LogP contribution in [-0.4, -0.2) is 11.9 Å². The van der Waals surface area contributed by atoms with Gasteiger partial charge in [-0.3, -0.25) is 4.79 Å². The van der Waals surface area contributed by atoms with Crippen molar-refractivity contribution in [2.45, 2.75) is 50.5 Å². The summed E-state index contributed by atoms with van der Waals surface area (Å²) in [6, 6.07) is 8.06. The maximum Gasteiger partial charge on any atom is 0.231 e. The van der Waals surface area contributed by atoms with Crippen LogP contribution in [-0.2, 0) is 16.6 Å². The number of thiophene rings is 1. The van der Waals surface area contributed by atoms with E-state index < -0.39 is 0 Å². The van der Waals surface area contributed by atoms with Gasteiger partial charge in [0.2, 0.25) is 5.91 Å². The Morgan fingerprint density at radius 1 is 1.38 bits per heavy atom. The smallest absolute Gasteiger partial charge is 0.231 e. The normalized spacial score (nSPS) is 18.5. The standard InChI is InChI=1S/C17H21NO2S/c1-13(12-14-6-4-10-20-14)18-16(19)17(8-2-3-9-17)15-7-5-11-21-15/h4-7,10-11,13H,2-3,8-9,12H2,1H3,(H,18,19). The second-order valence-electron chi connectivity index (χ2n) is 5.92. The van der Waals surface area contributed by atoms with Gasteiger partial charge in [-0.2, -0.15) is 0 Å². The highest BCUT2D eigenvalue weighted by Crippen LogP contribution is 2.43. The van der Waals surface area contributed by atoms with Crippen molar-refractivity contribution in [3.05, 3.63) is 46.5 Å². The molecule has 4 heteroatoms. The molecule has 0 radical (unpaired) electrons. The third kappa shape index (κ3) is 2.91. The zero-order valence-corrected chi connectivity index (χ0v) is 13.1. The molecule has 0 saturated heterocycles. The molecule has 2 aromatic rings. The summed E-state index contributed by atoms with van der Waals surface area (Å²) < 4.78 is 5.36. The average Bonchev–Trinajstić information content (AvgIpc) is 3.21. The van der Waals surface area contributed by atoms with E-state index in [1.807, 2.05) is 25.1 Å². The lowest BCUT2D eigenvalue weighted by Crippen LogP contribution is -2.46. The molecule has 1 fully saturated rings. The summed E-state index contributed by atoms with van der Waals surface area (Å²) in [5, 5.41) is 5.26. The Morgan fingerprint density at radius 2 is 2.19 bits per heavy atom. The molecule has 21 heavy (non-hydrogen) atoms. The highest BCUT2D eigenvalue weighted by atomic mass is 32.1. The van der Waals surface area contributed by atoms with E-state index in [4.69, 9.17) is 4.42 Å². The SMILES string of the molecule is CC(Cc1ccco1)NC(=O)C1(c2cccs2)CCCC1. The molecule has 1 aliphatic rings. The lowest BCUT2D eigenvalue weighted by Gasteiger charge is -2.28. The number of hydrogen-bond acceptors (Lipinski definition) is 3. The van der Waals surface area contributed by atoms with E-state index in [-0.39, 0.29) is 17.4 Å². The number of amides is 1. The van der Waals surface area contributed by atoms with Crippen molar-refractivity contribution in [1.82, 2.24) is 5.32 Å². The van der Waals surface area contributed by atoms with Crippen LogP contribution in [0.1, 0.15) is 43.2 Å². The van der Waals surface area contributed by atoms with E-state index in [0.717, 1.165) is 37.9 Å². The topological polar surface area (TPSA) is 42.2 Å². The third-order valence-electron chi connectivity index (χ3n) is 4.35. The van der Waals surface area contributed by atoms with E-state index >= 15 is 0 Å². The second kappa shape index (κ2) is 6.06. The summed E-state index contributed by atoms with van der Waals surface area (Å²) in [5.41, 5.74) is -0.300. The number of rotatable bonds is 5. The maximum atomic E-state index is 12.9. The van der Waals surface area contributed by atoms with Gasteiger partial charge in [0.1, 0.15) is 5.76 Å². The number of furan rings is 1. The minimum Gasteiger partial charge on any atom is -0.469 e. The Hall–Kier alpha value is -1.55. The molecule has 2 aromatic heterocycles. The van der Waals surface area contributed by atoms with Crippen LogP contribution in [0.5, 0.6) is 0 Å². The van der Waals surface area contributed by atoms with E-state index in [1.165, 1.54) is 4.88 Å². The van der Waals surface area contributed by atoms with Crippen LogP contribution >= 0.6 is 11.3 Å². The Balaban J connectivity index is 1.70. The molecule has 1 N–H and O–H groups in total. The molecule has 2 heterocycles. The minimum atomic E-state index is -0.300. The molecule has 0 aromatic carbocycles. The monoisotopic (exact) mass is 303 g/mol. The molecule has 112 valence electrons. The first kappa shape index (κ1) is 14.4. The summed E-state index contributed by atoms with van der Waals surface area (Å²) in [5.74, 6) is 1.10. The first-order chi connectivity index (χ1) is 10.2. The fraction of sp³-hybridized carbons (Fsp3) is 0.471. The van der Waals surface area contributed by atoms with Crippen LogP contribution < -0.4 is 5.32 Å². The highest BCUT2D eigenvalue weighted by Gasteiger charge is 2.43. The average molecular weight is 303 g/mol. The Labute approximate surface area is 129 Å². The van der Waals surface area contributed by atoms with Crippen LogP contribution in [0.2, 0.25) is 0 Å². The van der Waals surface area contributed by atoms with Crippen molar-refractivity contribution in [2.24, 2.45) is 0 Å². The van der Waals surface area contributed by atoms with Gasteiger partial charge in [0.05, 0.1) is 11.7 Å². The van der Waals surface area contributed by atoms with Gasteiger partial charge in [-0.1, -0.05) is 18.9 Å². The van der Waals surface area contributed by atoms with Crippen LogP contribution in [0.15, 0.2) is 40.3 Å². The molecule has 0 bridgehead atoms. The molecule has 1 atom stereocenters. The van der Waals surface area contributed by atoms with Gasteiger partial charge in [0.25, 0.3) is 0 Å².